The molecule has 0 saturated heterocycles. The van der Waals surface area contributed by atoms with Gasteiger partial charge in [0.1, 0.15) is 0 Å². The predicted molar refractivity (Wildman–Crippen MR) is 84.4 cm³/mol. The molecule has 0 saturated carbocycles. The van der Waals surface area contributed by atoms with Crippen LogP contribution in [0.1, 0.15) is 22.0 Å². The van der Waals surface area contributed by atoms with Crippen LogP contribution < -0.4 is 5.73 Å². The number of hydrogen-bond donors (Lipinski definition) is 1. The predicted octanol–water partition coefficient (Wildman–Crippen LogP) is 3.57. The van der Waals surface area contributed by atoms with E-state index in [1.807, 2.05) is 0 Å². The molecule has 0 fully saturated rings. The Bertz CT molecular complexity index is 567. The van der Waals surface area contributed by atoms with E-state index in [4.69, 9.17) is 5.73 Å². The Hall–Kier alpha value is -0.680. The summed E-state index contributed by atoms with van der Waals surface area (Å²) in [6, 6.07) is 11.3. The van der Waals surface area contributed by atoms with Crippen LogP contribution in [0.5, 0.6) is 0 Å². The van der Waals surface area contributed by atoms with Gasteiger partial charge in [0.2, 0.25) is 0 Å². The lowest BCUT2D eigenvalue weighted by Crippen LogP contribution is -2.37. The van der Waals surface area contributed by atoms with Crippen LogP contribution in [0.15, 0.2) is 40.2 Å². The van der Waals surface area contributed by atoms with Crippen molar-refractivity contribution >= 4 is 27.3 Å². The monoisotopic (exact) mass is 336 g/mol. The van der Waals surface area contributed by atoms with Crippen molar-refractivity contribution in [2.24, 2.45) is 5.73 Å². The number of rotatable bonds is 3. The Morgan fingerprint density at radius 1 is 1.32 bits per heavy atom. The molecule has 100 valence electrons. The molecule has 0 aliphatic carbocycles. The first-order valence-electron chi connectivity index (χ1n) is 6.53. The van der Waals surface area contributed by atoms with Crippen molar-refractivity contribution in [1.82, 2.24) is 4.90 Å². The highest BCUT2D eigenvalue weighted by Crippen LogP contribution is 2.32. The fraction of sp³-hybridized carbons (Fsp3) is 0.333. The zero-order chi connectivity index (χ0) is 13.2. The van der Waals surface area contributed by atoms with Crippen LogP contribution in [0.4, 0.5) is 0 Å². The van der Waals surface area contributed by atoms with Crippen molar-refractivity contribution in [1.29, 1.82) is 0 Å². The molecule has 0 spiro atoms. The summed E-state index contributed by atoms with van der Waals surface area (Å²) in [5.74, 6) is 0. The largest absolute Gasteiger partial charge is 0.329 e. The first-order valence-corrected chi connectivity index (χ1v) is 8.20. The third-order valence-corrected chi connectivity index (χ3v) is 5.54. The minimum absolute atomic E-state index is 0.338. The fourth-order valence-electron chi connectivity index (χ4n) is 2.73. The zero-order valence-corrected chi connectivity index (χ0v) is 13.1. The van der Waals surface area contributed by atoms with Crippen molar-refractivity contribution in [2.75, 3.05) is 13.1 Å². The average molecular weight is 337 g/mol. The van der Waals surface area contributed by atoms with Crippen LogP contribution in [-0.4, -0.2) is 18.0 Å². The normalized spacial score (nSPS) is 17.2. The molecule has 2 aromatic rings. The Kier molecular flexibility index (Phi) is 4.03. The van der Waals surface area contributed by atoms with Crippen LogP contribution in [0.2, 0.25) is 0 Å². The van der Waals surface area contributed by atoms with Crippen LogP contribution in [0.25, 0.3) is 0 Å². The summed E-state index contributed by atoms with van der Waals surface area (Å²) in [6.45, 7) is 2.77. The van der Waals surface area contributed by atoms with Crippen LogP contribution in [0, 0.1) is 0 Å². The quantitative estimate of drug-likeness (QED) is 0.928. The number of benzene rings is 1. The molecule has 2 nitrogen and oxygen atoms in total. The minimum atomic E-state index is 0.338. The van der Waals surface area contributed by atoms with Gasteiger partial charge in [-0.25, -0.2) is 0 Å². The maximum absolute atomic E-state index is 6.01. The second-order valence-corrected chi connectivity index (χ2v) is 6.77. The lowest BCUT2D eigenvalue weighted by atomic mass is 9.98. The molecular weight excluding hydrogens is 320 g/mol. The molecule has 0 amide bonds. The van der Waals surface area contributed by atoms with E-state index < -0.39 is 0 Å². The molecule has 1 aromatic heterocycles. The summed E-state index contributed by atoms with van der Waals surface area (Å²) in [5, 5.41) is 2.13. The molecule has 1 atom stereocenters. The third kappa shape index (κ3) is 2.77. The summed E-state index contributed by atoms with van der Waals surface area (Å²) < 4.78 is 1.16. The summed E-state index contributed by atoms with van der Waals surface area (Å²) in [4.78, 5) is 3.86. The van der Waals surface area contributed by atoms with Gasteiger partial charge in [0.05, 0.1) is 6.04 Å². The highest BCUT2D eigenvalue weighted by molar-refractivity contribution is 9.10. The fourth-order valence-corrected chi connectivity index (χ4v) is 4.32. The molecule has 2 heterocycles. The van der Waals surface area contributed by atoms with Gasteiger partial charge in [-0.3, -0.25) is 4.90 Å². The van der Waals surface area contributed by atoms with Gasteiger partial charge >= 0.3 is 0 Å². The Labute approximate surface area is 126 Å². The lowest BCUT2D eigenvalue weighted by molar-refractivity contribution is 0.186. The maximum Gasteiger partial charge on any atom is 0.0567 e. The highest BCUT2D eigenvalue weighted by atomic mass is 79.9. The second-order valence-electron chi connectivity index (χ2n) is 4.91. The second kappa shape index (κ2) is 5.75. The lowest BCUT2D eigenvalue weighted by Gasteiger charge is -2.34. The van der Waals surface area contributed by atoms with Crippen molar-refractivity contribution in [3.8, 4) is 0 Å². The zero-order valence-electron chi connectivity index (χ0n) is 10.7. The third-order valence-electron chi connectivity index (χ3n) is 3.74. The van der Waals surface area contributed by atoms with E-state index in [1.165, 1.54) is 16.0 Å². The molecule has 19 heavy (non-hydrogen) atoms. The van der Waals surface area contributed by atoms with E-state index in [-0.39, 0.29) is 0 Å². The van der Waals surface area contributed by atoms with Gasteiger partial charge in [-0.15, -0.1) is 11.3 Å². The molecule has 1 aromatic carbocycles. The molecule has 3 rings (SSSR count). The molecule has 1 aliphatic rings. The number of thiophene rings is 1. The van der Waals surface area contributed by atoms with Crippen molar-refractivity contribution in [3.05, 3.63) is 56.2 Å². The first-order chi connectivity index (χ1) is 9.28. The van der Waals surface area contributed by atoms with E-state index >= 15 is 0 Å². The molecule has 1 aliphatic heterocycles. The van der Waals surface area contributed by atoms with E-state index in [0.29, 0.717) is 12.6 Å². The maximum atomic E-state index is 6.01. The number of halogens is 1. The average Bonchev–Trinajstić information content (AvgIpc) is 2.86. The smallest absolute Gasteiger partial charge is 0.0567 e. The summed E-state index contributed by atoms with van der Waals surface area (Å²) in [5.41, 5.74) is 8.95. The summed E-state index contributed by atoms with van der Waals surface area (Å²) >= 11 is 5.32. The van der Waals surface area contributed by atoms with Gasteiger partial charge in [0.15, 0.2) is 0 Å². The number of nitrogens with two attached hydrogens (primary N) is 1. The van der Waals surface area contributed by atoms with E-state index in [1.54, 1.807) is 11.3 Å². The first kappa shape index (κ1) is 13.3. The molecule has 4 heteroatoms. The van der Waals surface area contributed by atoms with Gasteiger partial charge in [-0.1, -0.05) is 24.3 Å². The molecular formula is C15H17BrN2S. The van der Waals surface area contributed by atoms with Gasteiger partial charge < -0.3 is 5.73 Å². The molecule has 2 N–H and O–H groups in total. The SMILES string of the molecule is NCC(c1cc(Br)cs1)N1CCc2ccccc2C1. The van der Waals surface area contributed by atoms with Crippen LogP contribution in [-0.2, 0) is 13.0 Å². The van der Waals surface area contributed by atoms with Gasteiger partial charge in [0.25, 0.3) is 0 Å². The van der Waals surface area contributed by atoms with E-state index in [0.717, 1.165) is 24.0 Å². The minimum Gasteiger partial charge on any atom is -0.329 e. The van der Waals surface area contributed by atoms with Crippen molar-refractivity contribution in [2.45, 2.75) is 19.0 Å². The molecule has 1 unspecified atom stereocenters. The van der Waals surface area contributed by atoms with Gasteiger partial charge in [0, 0.05) is 34.4 Å². The highest BCUT2D eigenvalue weighted by Gasteiger charge is 2.24. The van der Waals surface area contributed by atoms with E-state index in [9.17, 15) is 0 Å². The van der Waals surface area contributed by atoms with Crippen molar-refractivity contribution < 1.29 is 0 Å². The van der Waals surface area contributed by atoms with E-state index in [2.05, 4.69) is 56.5 Å². The van der Waals surface area contributed by atoms with Gasteiger partial charge in [-0.2, -0.15) is 0 Å². The molecule has 0 bridgehead atoms. The van der Waals surface area contributed by atoms with Crippen LogP contribution >= 0.6 is 27.3 Å². The standard InChI is InChI=1S/C15H17BrN2S/c16-13-7-15(19-10-13)14(8-17)18-6-5-11-3-1-2-4-12(11)9-18/h1-4,7,10,14H,5-6,8-9,17H2. The number of hydrogen-bond acceptors (Lipinski definition) is 3. The van der Waals surface area contributed by atoms with Crippen LogP contribution in [0.3, 0.4) is 0 Å². The Balaban J connectivity index is 1.83. The Morgan fingerprint density at radius 3 is 2.79 bits per heavy atom. The summed E-state index contributed by atoms with van der Waals surface area (Å²) in [6.07, 6.45) is 1.12. The van der Waals surface area contributed by atoms with Crippen molar-refractivity contribution in [3.63, 3.8) is 0 Å². The topological polar surface area (TPSA) is 29.3 Å². The molecule has 0 radical (unpaired) electrons. The Morgan fingerprint density at radius 2 is 2.11 bits per heavy atom. The van der Waals surface area contributed by atoms with Gasteiger partial charge in [-0.05, 0) is 39.5 Å². The number of nitrogens with zero attached hydrogens (tertiary/aromatic N) is 1. The summed E-state index contributed by atoms with van der Waals surface area (Å²) in [7, 11) is 0. The number of fused-ring (bicyclic) bond motifs is 1.